The van der Waals surface area contributed by atoms with Crippen LogP contribution in [0.15, 0.2) is 17.5 Å². The van der Waals surface area contributed by atoms with E-state index in [4.69, 9.17) is 0 Å². The summed E-state index contributed by atoms with van der Waals surface area (Å²) in [7, 11) is 0. The molecule has 5 nitrogen and oxygen atoms in total. The summed E-state index contributed by atoms with van der Waals surface area (Å²) < 4.78 is 0. The van der Waals surface area contributed by atoms with Gasteiger partial charge in [-0.1, -0.05) is 6.07 Å². The topological polar surface area (TPSA) is 62.3 Å². The van der Waals surface area contributed by atoms with Crippen LogP contribution in [-0.4, -0.2) is 27.7 Å². The van der Waals surface area contributed by atoms with Crippen LogP contribution in [0.1, 0.15) is 28.3 Å². The molecule has 1 saturated heterocycles. The molecular weight excluding hydrogens is 318 g/mol. The molecule has 1 aliphatic rings. The number of thiophene rings is 1. The lowest BCUT2D eigenvalue weighted by molar-refractivity contribution is -0.133. The maximum Gasteiger partial charge on any atom is 0.248 e. The molecule has 0 aliphatic carbocycles. The van der Waals surface area contributed by atoms with Crippen molar-refractivity contribution in [1.82, 2.24) is 9.88 Å². The van der Waals surface area contributed by atoms with Gasteiger partial charge in [0.05, 0.1) is 12.2 Å². The van der Waals surface area contributed by atoms with Gasteiger partial charge in [-0.2, -0.15) is 0 Å². The molecule has 116 valence electrons. The van der Waals surface area contributed by atoms with E-state index in [9.17, 15) is 9.59 Å². The number of anilines is 1. The fourth-order valence-electron chi connectivity index (χ4n) is 2.49. The zero-order valence-electron chi connectivity index (χ0n) is 12.5. The van der Waals surface area contributed by atoms with Crippen LogP contribution in [0.25, 0.3) is 0 Å². The Morgan fingerprint density at radius 3 is 2.95 bits per heavy atom. The van der Waals surface area contributed by atoms with Gasteiger partial charge in [-0.3, -0.25) is 9.59 Å². The average Bonchev–Trinajstić information content (AvgIpc) is 3.16. The Hall–Kier alpha value is -1.73. The molecule has 1 atom stereocenters. The van der Waals surface area contributed by atoms with Crippen LogP contribution in [-0.2, 0) is 16.1 Å². The second kappa shape index (κ2) is 6.18. The number of nitrogens with one attached hydrogen (secondary N) is 1. The minimum absolute atomic E-state index is 0.0417. The van der Waals surface area contributed by atoms with Crippen LogP contribution >= 0.6 is 22.7 Å². The number of thiazole rings is 1. The predicted molar refractivity (Wildman–Crippen MR) is 88.1 cm³/mol. The molecule has 22 heavy (non-hydrogen) atoms. The lowest BCUT2D eigenvalue weighted by Crippen LogP contribution is -2.40. The SMILES string of the molecule is Cc1nc(NC(=O)C2CCC(=O)N2Cc2cccs2)sc1C. The molecule has 1 N–H and O–H groups in total. The van der Waals surface area contributed by atoms with Crippen molar-refractivity contribution in [2.24, 2.45) is 0 Å². The van der Waals surface area contributed by atoms with Gasteiger partial charge in [-0.15, -0.1) is 22.7 Å². The van der Waals surface area contributed by atoms with Crippen molar-refractivity contribution in [3.63, 3.8) is 0 Å². The number of likely N-dealkylation sites (tertiary alicyclic amines) is 1. The quantitative estimate of drug-likeness (QED) is 0.934. The van der Waals surface area contributed by atoms with Crippen molar-refractivity contribution in [2.45, 2.75) is 39.3 Å². The highest BCUT2D eigenvalue weighted by molar-refractivity contribution is 7.15. The lowest BCUT2D eigenvalue weighted by atomic mass is 10.2. The van der Waals surface area contributed by atoms with E-state index in [1.807, 2.05) is 31.4 Å². The van der Waals surface area contributed by atoms with Crippen molar-refractivity contribution in [1.29, 1.82) is 0 Å². The van der Waals surface area contributed by atoms with Crippen LogP contribution in [0.4, 0.5) is 5.13 Å². The second-order valence-corrected chi connectivity index (χ2v) is 7.54. The number of amides is 2. The molecule has 3 heterocycles. The zero-order chi connectivity index (χ0) is 15.7. The Balaban J connectivity index is 1.71. The van der Waals surface area contributed by atoms with Crippen molar-refractivity contribution in [3.05, 3.63) is 33.0 Å². The van der Waals surface area contributed by atoms with Crippen molar-refractivity contribution in [3.8, 4) is 0 Å². The van der Waals surface area contributed by atoms with Crippen LogP contribution in [0.3, 0.4) is 0 Å². The average molecular weight is 335 g/mol. The third kappa shape index (κ3) is 3.05. The molecule has 3 rings (SSSR count). The maximum atomic E-state index is 12.5. The summed E-state index contributed by atoms with van der Waals surface area (Å²) in [5.74, 6) is -0.101. The van der Waals surface area contributed by atoms with E-state index in [0.717, 1.165) is 15.4 Å². The van der Waals surface area contributed by atoms with Crippen molar-refractivity contribution in [2.75, 3.05) is 5.32 Å². The largest absolute Gasteiger partial charge is 0.325 e. The third-order valence-corrected chi connectivity index (χ3v) is 5.65. The fourth-order valence-corrected chi connectivity index (χ4v) is 4.01. The molecule has 2 aromatic rings. The highest BCUT2D eigenvalue weighted by Crippen LogP contribution is 2.26. The Kier molecular flexibility index (Phi) is 4.26. The van der Waals surface area contributed by atoms with E-state index in [0.29, 0.717) is 24.5 Å². The van der Waals surface area contributed by atoms with E-state index in [2.05, 4.69) is 10.3 Å². The van der Waals surface area contributed by atoms with Gasteiger partial charge in [-0.05, 0) is 31.7 Å². The summed E-state index contributed by atoms with van der Waals surface area (Å²) in [6, 6.07) is 3.54. The van der Waals surface area contributed by atoms with Gasteiger partial charge < -0.3 is 10.2 Å². The third-order valence-electron chi connectivity index (χ3n) is 3.80. The van der Waals surface area contributed by atoms with E-state index in [-0.39, 0.29) is 11.8 Å². The van der Waals surface area contributed by atoms with Gasteiger partial charge in [0.15, 0.2) is 5.13 Å². The predicted octanol–water partition coefficient (Wildman–Crippen LogP) is 2.95. The highest BCUT2D eigenvalue weighted by atomic mass is 32.1. The molecule has 0 radical (unpaired) electrons. The summed E-state index contributed by atoms with van der Waals surface area (Å²) in [6.45, 7) is 4.40. The molecule has 2 aromatic heterocycles. The number of aryl methyl sites for hydroxylation is 2. The first kappa shape index (κ1) is 15.2. The molecular formula is C15H17N3O2S2. The minimum atomic E-state index is -0.404. The Labute approximate surface area is 137 Å². The fraction of sp³-hybridized carbons (Fsp3) is 0.400. The van der Waals surface area contributed by atoms with E-state index in [1.54, 1.807) is 16.2 Å². The second-order valence-electron chi connectivity index (χ2n) is 5.31. The summed E-state index contributed by atoms with van der Waals surface area (Å²) in [5, 5.41) is 5.44. The monoisotopic (exact) mass is 335 g/mol. The summed E-state index contributed by atoms with van der Waals surface area (Å²) in [4.78, 5) is 32.7. The molecule has 7 heteroatoms. The lowest BCUT2D eigenvalue weighted by Gasteiger charge is -2.23. The van der Waals surface area contributed by atoms with Crippen LogP contribution < -0.4 is 5.32 Å². The van der Waals surface area contributed by atoms with Crippen LogP contribution in [0, 0.1) is 13.8 Å². The Morgan fingerprint density at radius 2 is 2.32 bits per heavy atom. The van der Waals surface area contributed by atoms with Gasteiger partial charge in [0.1, 0.15) is 6.04 Å². The van der Waals surface area contributed by atoms with Gasteiger partial charge in [0.2, 0.25) is 11.8 Å². The smallest absolute Gasteiger partial charge is 0.248 e. The zero-order valence-corrected chi connectivity index (χ0v) is 14.1. The van der Waals surface area contributed by atoms with E-state index < -0.39 is 6.04 Å². The van der Waals surface area contributed by atoms with Crippen molar-refractivity contribution >= 4 is 39.6 Å². The highest BCUT2D eigenvalue weighted by Gasteiger charge is 2.36. The summed E-state index contributed by atoms with van der Waals surface area (Å²) >= 11 is 3.06. The summed E-state index contributed by atoms with van der Waals surface area (Å²) in [6.07, 6.45) is 0.999. The van der Waals surface area contributed by atoms with Crippen LogP contribution in [0.2, 0.25) is 0 Å². The molecule has 1 fully saturated rings. The number of aromatic nitrogens is 1. The number of carbonyl (C=O) groups excluding carboxylic acids is 2. The molecule has 1 unspecified atom stereocenters. The first-order valence-corrected chi connectivity index (χ1v) is 8.81. The van der Waals surface area contributed by atoms with Gasteiger partial charge in [0.25, 0.3) is 0 Å². The van der Waals surface area contributed by atoms with Crippen molar-refractivity contribution < 1.29 is 9.59 Å². The van der Waals surface area contributed by atoms with Gasteiger partial charge >= 0.3 is 0 Å². The first-order valence-electron chi connectivity index (χ1n) is 7.11. The minimum Gasteiger partial charge on any atom is -0.325 e. The Bertz CT molecular complexity index is 674. The van der Waals surface area contributed by atoms with Gasteiger partial charge in [-0.25, -0.2) is 4.98 Å². The van der Waals surface area contributed by atoms with E-state index >= 15 is 0 Å². The maximum absolute atomic E-state index is 12.5. The molecule has 1 aliphatic heterocycles. The number of nitrogens with zero attached hydrogens (tertiary/aromatic N) is 2. The number of carbonyl (C=O) groups is 2. The summed E-state index contributed by atoms with van der Waals surface area (Å²) in [5.41, 5.74) is 0.929. The van der Waals surface area contributed by atoms with Gasteiger partial charge in [0, 0.05) is 16.2 Å². The standard InChI is InChI=1S/C15H17N3O2S2/c1-9-10(2)22-15(16-9)17-14(20)12-5-6-13(19)18(12)8-11-4-3-7-21-11/h3-4,7,12H,5-6,8H2,1-2H3,(H,16,17,20). The first-order chi connectivity index (χ1) is 10.5. The Morgan fingerprint density at radius 1 is 1.50 bits per heavy atom. The molecule has 0 bridgehead atoms. The van der Waals surface area contributed by atoms with E-state index in [1.165, 1.54) is 11.3 Å². The number of rotatable bonds is 4. The molecule has 0 saturated carbocycles. The normalized spacial score (nSPS) is 18.0. The molecule has 0 aromatic carbocycles. The van der Waals surface area contributed by atoms with Crippen LogP contribution in [0.5, 0.6) is 0 Å². The molecule has 2 amide bonds. The number of hydrogen-bond acceptors (Lipinski definition) is 5. The number of hydrogen-bond donors (Lipinski definition) is 1. The molecule has 0 spiro atoms.